The van der Waals surface area contributed by atoms with Crippen LogP contribution in [0.15, 0.2) is 30.3 Å². The van der Waals surface area contributed by atoms with Crippen molar-refractivity contribution in [2.45, 2.75) is 13.3 Å². The largest absolute Gasteiger partial charge is 0.480 e. The van der Waals surface area contributed by atoms with E-state index in [9.17, 15) is 9.59 Å². The predicted octanol–water partition coefficient (Wildman–Crippen LogP) is 1.74. The standard InChI is InChI=1S/C12H13NO3/c1-8-7-12(8,11(15)16)10(14)13-9-5-3-2-4-6-9/h2-6,8H,7H2,1H3,(H,13,14)(H,15,16). The molecule has 16 heavy (non-hydrogen) atoms. The molecule has 0 spiro atoms. The molecular formula is C12H13NO3. The summed E-state index contributed by atoms with van der Waals surface area (Å²) in [6, 6.07) is 8.89. The lowest BCUT2D eigenvalue weighted by atomic mass is 10.0. The fourth-order valence-corrected chi connectivity index (χ4v) is 1.90. The molecule has 0 radical (unpaired) electrons. The second-order valence-electron chi connectivity index (χ2n) is 4.20. The number of carbonyl (C=O) groups excluding carboxylic acids is 1. The first-order valence-corrected chi connectivity index (χ1v) is 5.17. The van der Waals surface area contributed by atoms with Crippen LogP contribution in [0.25, 0.3) is 0 Å². The summed E-state index contributed by atoms with van der Waals surface area (Å²) in [5.41, 5.74) is -0.581. The van der Waals surface area contributed by atoms with Crippen LogP contribution in [-0.4, -0.2) is 17.0 Å². The molecular weight excluding hydrogens is 206 g/mol. The molecule has 1 fully saturated rings. The van der Waals surface area contributed by atoms with Crippen LogP contribution in [0.5, 0.6) is 0 Å². The van der Waals surface area contributed by atoms with Crippen LogP contribution < -0.4 is 5.32 Å². The molecule has 2 rings (SSSR count). The Morgan fingerprint density at radius 3 is 2.38 bits per heavy atom. The summed E-state index contributed by atoms with van der Waals surface area (Å²) in [7, 11) is 0. The Kier molecular flexibility index (Phi) is 2.42. The molecule has 1 amide bonds. The number of hydrogen-bond acceptors (Lipinski definition) is 2. The fourth-order valence-electron chi connectivity index (χ4n) is 1.90. The second kappa shape index (κ2) is 3.63. The van der Waals surface area contributed by atoms with E-state index in [1.165, 1.54) is 0 Å². The highest BCUT2D eigenvalue weighted by Crippen LogP contribution is 2.53. The summed E-state index contributed by atoms with van der Waals surface area (Å²) in [4.78, 5) is 22.9. The Hall–Kier alpha value is -1.84. The van der Waals surface area contributed by atoms with Gasteiger partial charge in [0.15, 0.2) is 0 Å². The third kappa shape index (κ3) is 1.56. The van der Waals surface area contributed by atoms with Gasteiger partial charge in [0.05, 0.1) is 0 Å². The van der Waals surface area contributed by atoms with Crippen molar-refractivity contribution in [2.75, 3.05) is 5.32 Å². The SMILES string of the molecule is CC1CC1(C(=O)O)C(=O)Nc1ccccc1. The smallest absolute Gasteiger partial charge is 0.319 e. The van der Waals surface area contributed by atoms with Crippen molar-refractivity contribution in [3.8, 4) is 0 Å². The second-order valence-corrected chi connectivity index (χ2v) is 4.20. The molecule has 84 valence electrons. The average molecular weight is 219 g/mol. The van der Waals surface area contributed by atoms with Gasteiger partial charge in [-0.3, -0.25) is 9.59 Å². The minimum Gasteiger partial charge on any atom is -0.480 e. The molecule has 0 bridgehead atoms. The van der Waals surface area contributed by atoms with Gasteiger partial charge < -0.3 is 10.4 Å². The number of aliphatic carboxylic acids is 1. The van der Waals surface area contributed by atoms with Gasteiger partial charge in [0.25, 0.3) is 0 Å². The summed E-state index contributed by atoms with van der Waals surface area (Å²) in [5, 5.41) is 11.7. The maximum atomic E-state index is 11.9. The van der Waals surface area contributed by atoms with Crippen LogP contribution in [0.2, 0.25) is 0 Å². The lowest BCUT2D eigenvalue weighted by Gasteiger charge is -2.11. The number of benzene rings is 1. The predicted molar refractivity (Wildman–Crippen MR) is 58.9 cm³/mol. The fraction of sp³-hybridized carbons (Fsp3) is 0.333. The van der Waals surface area contributed by atoms with Crippen LogP contribution in [-0.2, 0) is 9.59 Å². The molecule has 0 aromatic heterocycles. The zero-order chi connectivity index (χ0) is 11.8. The molecule has 4 heteroatoms. The van der Waals surface area contributed by atoms with E-state index in [-0.39, 0.29) is 5.92 Å². The van der Waals surface area contributed by atoms with Gasteiger partial charge in [-0.2, -0.15) is 0 Å². The Labute approximate surface area is 93.3 Å². The Balaban J connectivity index is 2.13. The van der Waals surface area contributed by atoms with E-state index in [0.717, 1.165) is 0 Å². The Bertz CT molecular complexity index is 429. The number of hydrogen-bond donors (Lipinski definition) is 2. The van der Waals surface area contributed by atoms with Crippen LogP contribution in [0.4, 0.5) is 5.69 Å². The molecule has 2 unspecified atom stereocenters. The highest BCUT2D eigenvalue weighted by atomic mass is 16.4. The zero-order valence-corrected chi connectivity index (χ0v) is 8.93. The first-order valence-electron chi connectivity index (χ1n) is 5.17. The van der Waals surface area contributed by atoms with Gasteiger partial charge in [0, 0.05) is 5.69 Å². The number of carboxylic acid groups (broad SMARTS) is 1. The van der Waals surface area contributed by atoms with Gasteiger partial charge in [-0.25, -0.2) is 0 Å². The van der Waals surface area contributed by atoms with Gasteiger partial charge in [-0.05, 0) is 24.5 Å². The maximum absolute atomic E-state index is 11.9. The van der Waals surface area contributed by atoms with Crippen LogP contribution >= 0.6 is 0 Å². The minimum absolute atomic E-state index is 0.0892. The first kappa shape index (κ1) is 10.7. The summed E-state index contributed by atoms with van der Waals surface area (Å²) < 4.78 is 0. The summed E-state index contributed by atoms with van der Waals surface area (Å²) >= 11 is 0. The van der Waals surface area contributed by atoms with E-state index >= 15 is 0 Å². The van der Waals surface area contributed by atoms with Crippen molar-refractivity contribution in [2.24, 2.45) is 11.3 Å². The van der Waals surface area contributed by atoms with Crippen molar-refractivity contribution in [1.82, 2.24) is 0 Å². The van der Waals surface area contributed by atoms with Crippen LogP contribution in [0.3, 0.4) is 0 Å². The summed E-state index contributed by atoms with van der Waals surface area (Å²) in [6.45, 7) is 1.78. The molecule has 0 saturated heterocycles. The third-order valence-electron chi connectivity index (χ3n) is 3.13. The summed E-state index contributed by atoms with van der Waals surface area (Å²) in [6.07, 6.45) is 0.418. The first-order chi connectivity index (χ1) is 7.57. The van der Waals surface area contributed by atoms with E-state index in [1.807, 2.05) is 6.07 Å². The zero-order valence-electron chi connectivity index (χ0n) is 8.93. The molecule has 2 atom stereocenters. The topological polar surface area (TPSA) is 66.4 Å². The van der Waals surface area contributed by atoms with Crippen molar-refractivity contribution < 1.29 is 14.7 Å². The average Bonchev–Trinajstić information content (AvgIpc) is 2.93. The quantitative estimate of drug-likeness (QED) is 0.761. The molecule has 1 aromatic carbocycles. The molecule has 1 aliphatic carbocycles. The lowest BCUT2D eigenvalue weighted by Crippen LogP contribution is -2.32. The van der Waals surface area contributed by atoms with E-state index in [2.05, 4.69) is 5.32 Å². The van der Waals surface area contributed by atoms with Crippen molar-refractivity contribution >= 4 is 17.6 Å². The Morgan fingerprint density at radius 1 is 1.38 bits per heavy atom. The van der Waals surface area contributed by atoms with E-state index in [1.54, 1.807) is 31.2 Å². The van der Waals surface area contributed by atoms with Gasteiger partial charge in [0.1, 0.15) is 5.41 Å². The molecule has 1 saturated carbocycles. The van der Waals surface area contributed by atoms with Gasteiger partial charge >= 0.3 is 5.97 Å². The normalized spacial score (nSPS) is 27.2. The number of amides is 1. The van der Waals surface area contributed by atoms with Crippen molar-refractivity contribution in [3.63, 3.8) is 0 Å². The highest BCUT2D eigenvalue weighted by molar-refractivity contribution is 6.11. The highest BCUT2D eigenvalue weighted by Gasteiger charge is 2.63. The van der Waals surface area contributed by atoms with Crippen LogP contribution in [0.1, 0.15) is 13.3 Å². The Morgan fingerprint density at radius 2 is 1.94 bits per heavy atom. The molecule has 1 aromatic rings. The molecule has 2 N–H and O–H groups in total. The summed E-state index contributed by atoms with van der Waals surface area (Å²) in [5.74, 6) is -1.54. The van der Waals surface area contributed by atoms with Gasteiger partial charge in [-0.1, -0.05) is 25.1 Å². The number of anilines is 1. The third-order valence-corrected chi connectivity index (χ3v) is 3.13. The van der Waals surface area contributed by atoms with Crippen LogP contribution in [0, 0.1) is 11.3 Å². The van der Waals surface area contributed by atoms with E-state index < -0.39 is 17.3 Å². The van der Waals surface area contributed by atoms with Crippen molar-refractivity contribution in [1.29, 1.82) is 0 Å². The number of carbonyl (C=O) groups is 2. The van der Waals surface area contributed by atoms with Crippen molar-refractivity contribution in [3.05, 3.63) is 30.3 Å². The number of carboxylic acids is 1. The molecule has 1 aliphatic rings. The monoisotopic (exact) mass is 219 g/mol. The van der Waals surface area contributed by atoms with Gasteiger partial charge in [-0.15, -0.1) is 0 Å². The van der Waals surface area contributed by atoms with E-state index in [4.69, 9.17) is 5.11 Å². The number of rotatable bonds is 3. The molecule has 4 nitrogen and oxygen atoms in total. The van der Waals surface area contributed by atoms with E-state index in [0.29, 0.717) is 12.1 Å². The minimum atomic E-state index is -1.21. The number of para-hydroxylation sites is 1. The molecule has 0 aliphatic heterocycles. The maximum Gasteiger partial charge on any atom is 0.319 e. The van der Waals surface area contributed by atoms with Gasteiger partial charge in [0.2, 0.25) is 5.91 Å². The lowest BCUT2D eigenvalue weighted by molar-refractivity contribution is -0.148. The molecule has 0 heterocycles. The number of nitrogens with one attached hydrogen (secondary N) is 1.